The predicted molar refractivity (Wildman–Crippen MR) is 96.5 cm³/mol. The zero-order chi connectivity index (χ0) is 18.4. The van der Waals surface area contributed by atoms with Crippen molar-refractivity contribution in [3.63, 3.8) is 0 Å². The Kier molecular flexibility index (Phi) is 5.69. The van der Waals surface area contributed by atoms with Gasteiger partial charge in [0.1, 0.15) is 10.8 Å². The molecule has 9 heteroatoms. The molecule has 3 rings (SSSR count). The summed E-state index contributed by atoms with van der Waals surface area (Å²) in [6, 6.07) is 5.39. The third-order valence-electron chi connectivity index (χ3n) is 3.43. The summed E-state index contributed by atoms with van der Waals surface area (Å²) in [4.78, 5) is 32.1. The summed E-state index contributed by atoms with van der Waals surface area (Å²) < 4.78 is 4.85. The fourth-order valence-electron chi connectivity index (χ4n) is 2.17. The maximum absolute atomic E-state index is 11.9. The van der Waals surface area contributed by atoms with E-state index in [1.54, 1.807) is 25.4 Å². The molecule has 3 aromatic rings. The molecule has 0 aliphatic carbocycles. The second-order valence-electron chi connectivity index (χ2n) is 5.53. The minimum atomic E-state index is -0.361. The van der Waals surface area contributed by atoms with Gasteiger partial charge in [-0.1, -0.05) is 5.16 Å². The van der Waals surface area contributed by atoms with Gasteiger partial charge in [-0.05, 0) is 25.5 Å². The summed E-state index contributed by atoms with van der Waals surface area (Å²) in [5.74, 6) is 0.349. The van der Waals surface area contributed by atoms with Gasteiger partial charge in [0.25, 0.3) is 0 Å². The quantitative estimate of drug-likeness (QED) is 0.659. The number of amides is 2. The van der Waals surface area contributed by atoms with Crippen LogP contribution in [0.4, 0.5) is 5.82 Å². The van der Waals surface area contributed by atoms with Crippen LogP contribution in [0.15, 0.2) is 40.5 Å². The summed E-state index contributed by atoms with van der Waals surface area (Å²) in [7, 11) is 0. The van der Waals surface area contributed by atoms with Crippen molar-refractivity contribution in [3.8, 4) is 10.6 Å². The molecule has 0 aliphatic rings. The number of pyridine rings is 1. The van der Waals surface area contributed by atoms with Gasteiger partial charge >= 0.3 is 0 Å². The standard InChI is InChI=1S/C17H17N5O3S/c1-11-8-14(22-25-11)21-16(24)9-19-15(23)3-2-13-10-26-17(20-13)12-4-6-18-7-5-12/h4-8,10H,2-3,9H2,1H3,(H,19,23)(H,21,22,24). The first-order valence-electron chi connectivity index (χ1n) is 7.95. The highest BCUT2D eigenvalue weighted by atomic mass is 32.1. The van der Waals surface area contributed by atoms with Crippen LogP contribution in [0.3, 0.4) is 0 Å². The van der Waals surface area contributed by atoms with Gasteiger partial charge < -0.3 is 15.2 Å². The molecule has 0 saturated heterocycles. The van der Waals surface area contributed by atoms with Crippen LogP contribution in [0.5, 0.6) is 0 Å². The van der Waals surface area contributed by atoms with Crippen LogP contribution in [0.25, 0.3) is 10.6 Å². The van der Waals surface area contributed by atoms with Gasteiger partial charge in [0.15, 0.2) is 5.82 Å². The van der Waals surface area contributed by atoms with Gasteiger partial charge in [-0.15, -0.1) is 11.3 Å². The van der Waals surface area contributed by atoms with Crippen molar-refractivity contribution >= 4 is 29.0 Å². The zero-order valence-corrected chi connectivity index (χ0v) is 14.9. The lowest BCUT2D eigenvalue weighted by Gasteiger charge is -2.04. The summed E-state index contributed by atoms with van der Waals surface area (Å²) in [5.41, 5.74) is 1.85. The minimum Gasteiger partial charge on any atom is -0.360 e. The summed E-state index contributed by atoms with van der Waals surface area (Å²) in [5, 5.41) is 11.6. The van der Waals surface area contributed by atoms with Crippen molar-refractivity contribution in [3.05, 3.63) is 47.4 Å². The second kappa shape index (κ2) is 8.34. The van der Waals surface area contributed by atoms with Crippen molar-refractivity contribution in [2.45, 2.75) is 19.8 Å². The van der Waals surface area contributed by atoms with Crippen molar-refractivity contribution in [2.75, 3.05) is 11.9 Å². The van der Waals surface area contributed by atoms with Crippen molar-refractivity contribution in [2.24, 2.45) is 0 Å². The normalized spacial score (nSPS) is 10.5. The Morgan fingerprint density at radius 2 is 2.04 bits per heavy atom. The molecule has 26 heavy (non-hydrogen) atoms. The van der Waals surface area contributed by atoms with E-state index in [0.717, 1.165) is 16.3 Å². The molecule has 3 heterocycles. The first-order chi connectivity index (χ1) is 12.6. The first kappa shape index (κ1) is 17.7. The molecule has 8 nitrogen and oxygen atoms in total. The predicted octanol–water partition coefficient (Wildman–Crippen LogP) is 2.19. The van der Waals surface area contributed by atoms with E-state index in [-0.39, 0.29) is 24.8 Å². The average Bonchev–Trinajstić information content (AvgIpc) is 3.28. The molecule has 0 radical (unpaired) electrons. The second-order valence-corrected chi connectivity index (χ2v) is 6.39. The summed E-state index contributed by atoms with van der Waals surface area (Å²) >= 11 is 1.53. The Hall–Kier alpha value is -3.07. The van der Waals surface area contributed by atoms with Crippen LogP contribution in [0.2, 0.25) is 0 Å². The Balaban J connectivity index is 1.41. The number of nitrogens with one attached hydrogen (secondary N) is 2. The van der Waals surface area contributed by atoms with E-state index >= 15 is 0 Å². The number of aryl methyl sites for hydroxylation is 2. The molecule has 0 atom stereocenters. The van der Waals surface area contributed by atoms with Crippen molar-refractivity contribution in [1.82, 2.24) is 20.4 Å². The molecule has 2 N–H and O–H groups in total. The highest BCUT2D eigenvalue weighted by Gasteiger charge is 2.10. The number of carbonyl (C=O) groups excluding carboxylic acids is 2. The lowest BCUT2D eigenvalue weighted by molar-refractivity contribution is -0.124. The third-order valence-corrected chi connectivity index (χ3v) is 4.37. The monoisotopic (exact) mass is 371 g/mol. The Morgan fingerprint density at radius 3 is 2.77 bits per heavy atom. The fourth-order valence-corrected chi connectivity index (χ4v) is 3.03. The van der Waals surface area contributed by atoms with Gasteiger partial charge in [-0.2, -0.15) is 0 Å². The Bertz CT molecular complexity index is 891. The smallest absolute Gasteiger partial charge is 0.245 e. The van der Waals surface area contributed by atoms with Crippen LogP contribution in [-0.4, -0.2) is 33.5 Å². The Labute approximate surface area is 153 Å². The largest absolute Gasteiger partial charge is 0.360 e. The molecule has 3 aromatic heterocycles. The van der Waals surface area contributed by atoms with E-state index in [1.165, 1.54) is 11.3 Å². The van der Waals surface area contributed by atoms with E-state index in [4.69, 9.17) is 4.52 Å². The summed E-state index contributed by atoms with van der Waals surface area (Å²) in [6.07, 6.45) is 4.21. The first-order valence-corrected chi connectivity index (χ1v) is 8.83. The molecule has 0 fully saturated rings. The number of anilines is 1. The number of aromatic nitrogens is 3. The average molecular weight is 371 g/mol. The highest BCUT2D eigenvalue weighted by molar-refractivity contribution is 7.13. The maximum Gasteiger partial charge on any atom is 0.245 e. The van der Waals surface area contributed by atoms with Gasteiger partial charge in [0.05, 0.1) is 12.2 Å². The fraction of sp³-hybridized carbons (Fsp3) is 0.235. The van der Waals surface area contributed by atoms with E-state index in [2.05, 4.69) is 25.8 Å². The number of carbonyl (C=O) groups is 2. The molecule has 0 aliphatic heterocycles. The van der Waals surface area contributed by atoms with Gasteiger partial charge in [-0.25, -0.2) is 4.98 Å². The van der Waals surface area contributed by atoms with E-state index in [1.807, 2.05) is 17.5 Å². The SMILES string of the molecule is Cc1cc(NC(=O)CNC(=O)CCc2csc(-c3ccncc3)n2)no1. The minimum absolute atomic E-state index is 0.121. The molecule has 0 saturated carbocycles. The maximum atomic E-state index is 11.9. The lowest BCUT2D eigenvalue weighted by atomic mass is 10.2. The molecular formula is C17H17N5O3S. The molecule has 0 unspecified atom stereocenters. The van der Waals surface area contributed by atoms with Crippen LogP contribution >= 0.6 is 11.3 Å². The zero-order valence-electron chi connectivity index (χ0n) is 14.1. The number of hydrogen-bond acceptors (Lipinski definition) is 7. The van der Waals surface area contributed by atoms with E-state index in [9.17, 15) is 9.59 Å². The molecule has 0 spiro atoms. The topological polar surface area (TPSA) is 110 Å². The van der Waals surface area contributed by atoms with Crippen LogP contribution < -0.4 is 10.6 Å². The molecule has 0 aromatic carbocycles. The van der Waals surface area contributed by atoms with Crippen LogP contribution in [-0.2, 0) is 16.0 Å². The van der Waals surface area contributed by atoms with Gasteiger partial charge in [0, 0.05) is 35.8 Å². The molecule has 134 valence electrons. The van der Waals surface area contributed by atoms with E-state index in [0.29, 0.717) is 18.0 Å². The van der Waals surface area contributed by atoms with Crippen molar-refractivity contribution in [1.29, 1.82) is 0 Å². The summed E-state index contributed by atoms with van der Waals surface area (Å²) in [6.45, 7) is 1.60. The molecular weight excluding hydrogens is 354 g/mol. The number of rotatable bonds is 7. The van der Waals surface area contributed by atoms with E-state index < -0.39 is 0 Å². The molecule has 2 amide bonds. The Morgan fingerprint density at radius 1 is 1.23 bits per heavy atom. The number of nitrogens with zero attached hydrogens (tertiary/aromatic N) is 3. The number of hydrogen-bond donors (Lipinski definition) is 2. The van der Waals surface area contributed by atoms with Crippen LogP contribution in [0.1, 0.15) is 17.9 Å². The number of thiazole rings is 1. The lowest BCUT2D eigenvalue weighted by Crippen LogP contribution is -2.33. The molecule has 0 bridgehead atoms. The van der Waals surface area contributed by atoms with Crippen molar-refractivity contribution < 1.29 is 14.1 Å². The van der Waals surface area contributed by atoms with Gasteiger partial charge in [0.2, 0.25) is 11.8 Å². The highest BCUT2D eigenvalue weighted by Crippen LogP contribution is 2.23. The van der Waals surface area contributed by atoms with Crippen LogP contribution in [0, 0.1) is 6.92 Å². The third kappa shape index (κ3) is 4.96. The van der Waals surface area contributed by atoms with Gasteiger partial charge in [-0.3, -0.25) is 14.6 Å².